The normalized spacial score (nSPS) is 21.8. The number of carbonyl (C=O) groups excluding carboxylic acids is 1. The van der Waals surface area contributed by atoms with Crippen LogP contribution < -0.4 is 24.8 Å². The van der Waals surface area contributed by atoms with E-state index < -0.39 is 0 Å². The molecule has 0 bridgehead atoms. The van der Waals surface area contributed by atoms with Gasteiger partial charge in [-0.05, 0) is 86.5 Å². The number of methoxy groups -OCH3 is 3. The molecule has 222 valence electrons. The van der Waals surface area contributed by atoms with Crippen molar-refractivity contribution in [2.75, 3.05) is 41.0 Å². The molecule has 2 aliphatic rings. The summed E-state index contributed by atoms with van der Waals surface area (Å²) in [5.74, 6) is 1.71. The number of hydrogen-bond acceptors (Lipinski definition) is 7. The topological polar surface area (TPSA) is 102 Å². The second-order valence-corrected chi connectivity index (χ2v) is 10.8. The van der Waals surface area contributed by atoms with Crippen LogP contribution in [0.1, 0.15) is 62.2 Å². The molecule has 1 saturated heterocycles. The van der Waals surface area contributed by atoms with Gasteiger partial charge in [0.25, 0.3) is 0 Å². The first kappa shape index (κ1) is 30.6. The Hall–Kier alpha value is -3.36. The second kappa shape index (κ2) is 15.6. The van der Waals surface area contributed by atoms with Crippen molar-refractivity contribution < 1.29 is 23.7 Å². The number of benzene rings is 2. The highest BCUT2D eigenvalue weighted by molar-refractivity contribution is 6.03. The van der Waals surface area contributed by atoms with Gasteiger partial charge in [0, 0.05) is 30.6 Å². The molecule has 1 fully saturated rings. The van der Waals surface area contributed by atoms with Gasteiger partial charge in [-0.25, -0.2) is 0 Å². The van der Waals surface area contributed by atoms with E-state index in [1.54, 1.807) is 21.3 Å². The number of ether oxygens (including phenoxy) is 4. The maximum atomic E-state index is 13.1. The van der Waals surface area contributed by atoms with Crippen molar-refractivity contribution in [1.29, 1.82) is 5.41 Å². The zero-order valence-electron chi connectivity index (χ0n) is 24.6. The van der Waals surface area contributed by atoms with E-state index in [-0.39, 0.29) is 30.0 Å². The molecule has 4 rings (SSSR count). The van der Waals surface area contributed by atoms with Crippen LogP contribution in [-0.2, 0) is 9.53 Å². The van der Waals surface area contributed by atoms with Gasteiger partial charge >= 0.3 is 0 Å². The molecule has 41 heavy (non-hydrogen) atoms. The molecular weight excluding hydrogens is 518 g/mol. The molecular formula is C33H45N3O5. The van der Waals surface area contributed by atoms with E-state index in [4.69, 9.17) is 24.4 Å². The SMILES string of the molecule is COc1ccc(C2CCC(CNCCCCCNC(=O)C3CC=CCC3C(=N)c3ccc(OC)c(OC)c3)O2)cc1. The number of amides is 1. The van der Waals surface area contributed by atoms with Gasteiger partial charge in [-0.2, -0.15) is 0 Å². The smallest absolute Gasteiger partial charge is 0.224 e. The van der Waals surface area contributed by atoms with Crippen LogP contribution in [0.3, 0.4) is 0 Å². The van der Waals surface area contributed by atoms with Gasteiger partial charge < -0.3 is 35.0 Å². The molecule has 1 amide bonds. The molecule has 0 radical (unpaired) electrons. The van der Waals surface area contributed by atoms with E-state index in [9.17, 15) is 4.79 Å². The highest BCUT2D eigenvalue weighted by atomic mass is 16.5. The number of hydrogen-bond donors (Lipinski definition) is 3. The number of carbonyl (C=O) groups is 1. The van der Waals surface area contributed by atoms with E-state index >= 15 is 0 Å². The van der Waals surface area contributed by atoms with E-state index in [1.165, 1.54) is 5.56 Å². The molecule has 4 atom stereocenters. The summed E-state index contributed by atoms with van der Waals surface area (Å²) in [6.45, 7) is 2.47. The third-order valence-electron chi connectivity index (χ3n) is 8.13. The Balaban J connectivity index is 1.12. The maximum Gasteiger partial charge on any atom is 0.224 e. The van der Waals surface area contributed by atoms with Gasteiger partial charge in [-0.3, -0.25) is 4.79 Å². The molecule has 4 unspecified atom stereocenters. The lowest BCUT2D eigenvalue weighted by atomic mass is 9.77. The first-order valence-electron chi connectivity index (χ1n) is 14.8. The summed E-state index contributed by atoms with van der Waals surface area (Å²) in [5.41, 5.74) is 2.43. The highest BCUT2D eigenvalue weighted by Crippen LogP contribution is 2.34. The third-order valence-corrected chi connectivity index (χ3v) is 8.13. The van der Waals surface area contributed by atoms with Crippen LogP contribution in [0.5, 0.6) is 17.2 Å². The lowest BCUT2D eigenvalue weighted by Gasteiger charge is -2.28. The molecule has 1 aliphatic carbocycles. The van der Waals surface area contributed by atoms with E-state index in [0.29, 0.717) is 36.6 Å². The summed E-state index contributed by atoms with van der Waals surface area (Å²) in [6, 6.07) is 13.7. The van der Waals surface area contributed by atoms with Gasteiger partial charge in [0.2, 0.25) is 5.91 Å². The summed E-state index contributed by atoms with van der Waals surface area (Å²) < 4.78 is 22.2. The standard InChI is InChI=1S/C33H45N3O5/c1-38-25-14-11-23(12-15-25)29-18-16-26(41-29)22-35-19-7-4-8-20-36-33(37)28-10-6-5-9-27(28)32(34)24-13-17-30(39-2)31(21-24)40-3/h5-6,11-15,17,21,26-29,34-35H,4,7-10,16,18-20,22H2,1-3H3,(H,36,37). The summed E-state index contributed by atoms with van der Waals surface area (Å²) in [4.78, 5) is 13.1. The average Bonchev–Trinajstić information content (AvgIpc) is 3.50. The van der Waals surface area contributed by atoms with Crippen LogP contribution in [0.4, 0.5) is 0 Å². The fraction of sp³-hybridized carbons (Fsp3) is 0.515. The van der Waals surface area contributed by atoms with E-state index in [1.807, 2.05) is 30.3 Å². The van der Waals surface area contributed by atoms with Gasteiger partial charge in [0.1, 0.15) is 5.75 Å². The van der Waals surface area contributed by atoms with Crippen LogP contribution >= 0.6 is 0 Å². The van der Waals surface area contributed by atoms with E-state index in [0.717, 1.165) is 56.5 Å². The molecule has 2 aromatic carbocycles. The fourth-order valence-electron chi connectivity index (χ4n) is 5.72. The molecule has 8 heteroatoms. The van der Waals surface area contributed by atoms with Crippen molar-refractivity contribution in [3.63, 3.8) is 0 Å². The Morgan fingerprint density at radius 2 is 1.61 bits per heavy atom. The molecule has 1 heterocycles. The summed E-state index contributed by atoms with van der Waals surface area (Å²) in [6.07, 6.45) is 11.0. The Morgan fingerprint density at radius 3 is 2.34 bits per heavy atom. The van der Waals surface area contributed by atoms with Crippen LogP contribution in [0.25, 0.3) is 0 Å². The molecule has 1 aliphatic heterocycles. The molecule has 0 spiro atoms. The maximum absolute atomic E-state index is 13.1. The molecule has 8 nitrogen and oxygen atoms in total. The minimum Gasteiger partial charge on any atom is -0.497 e. The summed E-state index contributed by atoms with van der Waals surface area (Å²) in [7, 11) is 4.86. The first-order valence-corrected chi connectivity index (χ1v) is 14.8. The van der Waals surface area contributed by atoms with Crippen LogP contribution in [-0.4, -0.2) is 58.7 Å². The molecule has 2 aromatic rings. The minimum atomic E-state index is -0.240. The van der Waals surface area contributed by atoms with Gasteiger partial charge in [-0.1, -0.05) is 30.7 Å². The van der Waals surface area contributed by atoms with Gasteiger partial charge in [0.15, 0.2) is 11.5 Å². The Bertz CT molecular complexity index is 1170. The number of nitrogens with one attached hydrogen (secondary N) is 3. The molecule has 0 aromatic heterocycles. The Morgan fingerprint density at radius 1 is 0.878 bits per heavy atom. The van der Waals surface area contributed by atoms with Crippen molar-refractivity contribution in [3.8, 4) is 17.2 Å². The minimum absolute atomic E-state index is 0.0347. The summed E-state index contributed by atoms with van der Waals surface area (Å²) >= 11 is 0. The molecule has 0 saturated carbocycles. The van der Waals surface area contributed by atoms with Crippen molar-refractivity contribution in [2.24, 2.45) is 11.8 Å². The van der Waals surface area contributed by atoms with E-state index in [2.05, 4.69) is 34.9 Å². The lowest BCUT2D eigenvalue weighted by Crippen LogP contribution is -2.39. The first-order chi connectivity index (χ1) is 20.0. The Kier molecular flexibility index (Phi) is 11.6. The van der Waals surface area contributed by atoms with Crippen molar-refractivity contribution in [2.45, 2.75) is 57.2 Å². The summed E-state index contributed by atoms with van der Waals surface area (Å²) in [5, 5.41) is 15.5. The Labute approximate surface area is 244 Å². The number of allylic oxidation sites excluding steroid dienone is 2. The van der Waals surface area contributed by atoms with Crippen molar-refractivity contribution in [3.05, 3.63) is 65.7 Å². The number of unbranched alkanes of at least 4 members (excludes halogenated alkanes) is 2. The zero-order chi connectivity index (χ0) is 29.0. The molecule has 3 N–H and O–H groups in total. The van der Waals surface area contributed by atoms with Gasteiger partial charge in [-0.15, -0.1) is 0 Å². The average molecular weight is 564 g/mol. The predicted molar refractivity (Wildman–Crippen MR) is 161 cm³/mol. The monoisotopic (exact) mass is 563 g/mol. The zero-order valence-corrected chi connectivity index (χ0v) is 24.6. The lowest BCUT2D eigenvalue weighted by molar-refractivity contribution is -0.125. The third kappa shape index (κ3) is 8.33. The van der Waals surface area contributed by atoms with Crippen LogP contribution in [0, 0.1) is 17.2 Å². The predicted octanol–water partition coefficient (Wildman–Crippen LogP) is 5.46. The second-order valence-electron chi connectivity index (χ2n) is 10.8. The quantitative estimate of drug-likeness (QED) is 0.151. The van der Waals surface area contributed by atoms with Crippen molar-refractivity contribution in [1.82, 2.24) is 10.6 Å². The largest absolute Gasteiger partial charge is 0.497 e. The van der Waals surface area contributed by atoms with Gasteiger partial charge in [0.05, 0.1) is 33.5 Å². The van der Waals surface area contributed by atoms with Crippen LogP contribution in [0.15, 0.2) is 54.6 Å². The number of rotatable bonds is 15. The fourth-order valence-corrected chi connectivity index (χ4v) is 5.72. The van der Waals surface area contributed by atoms with Crippen LogP contribution in [0.2, 0.25) is 0 Å². The van der Waals surface area contributed by atoms with Crippen molar-refractivity contribution >= 4 is 11.6 Å². The highest BCUT2D eigenvalue weighted by Gasteiger charge is 2.32.